The van der Waals surface area contributed by atoms with Crippen molar-refractivity contribution in [2.75, 3.05) is 18.6 Å². The van der Waals surface area contributed by atoms with Crippen molar-refractivity contribution < 1.29 is 17.7 Å². The minimum Gasteiger partial charge on any atom is -0.386 e. The van der Waals surface area contributed by atoms with E-state index < -0.39 is 15.7 Å². The molecule has 0 radical (unpaired) electrons. The number of aryl methyl sites for hydroxylation is 1. The van der Waals surface area contributed by atoms with E-state index in [0.717, 1.165) is 71.0 Å². The van der Waals surface area contributed by atoms with Crippen molar-refractivity contribution in [2.24, 2.45) is 5.41 Å². The Hall–Kier alpha value is -2.68. The van der Waals surface area contributed by atoms with E-state index in [2.05, 4.69) is 36.4 Å². The van der Waals surface area contributed by atoms with Gasteiger partial charge in [0.05, 0.1) is 29.7 Å². The van der Waals surface area contributed by atoms with Gasteiger partial charge in [-0.25, -0.2) is 4.98 Å². The zero-order valence-electron chi connectivity index (χ0n) is 24.8. The van der Waals surface area contributed by atoms with E-state index >= 15 is 0 Å². The summed E-state index contributed by atoms with van der Waals surface area (Å²) in [6, 6.07) is 26.4. The van der Waals surface area contributed by atoms with E-state index in [0.29, 0.717) is 5.02 Å². The lowest BCUT2D eigenvalue weighted by atomic mass is 9.90. The van der Waals surface area contributed by atoms with Crippen molar-refractivity contribution in [1.82, 2.24) is 4.98 Å². The van der Waals surface area contributed by atoms with Crippen LogP contribution in [-0.2, 0) is 26.3 Å². The first-order valence-electron chi connectivity index (χ1n) is 14.5. The van der Waals surface area contributed by atoms with Crippen LogP contribution in [0.25, 0.3) is 23.1 Å². The Labute approximate surface area is 264 Å². The summed E-state index contributed by atoms with van der Waals surface area (Å²) in [6.07, 6.45) is 8.84. The van der Waals surface area contributed by atoms with Gasteiger partial charge in [-0.15, -0.1) is 0 Å². The molecule has 5 rings (SSSR count). The van der Waals surface area contributed by atoms with Gasteiger partial charge in [-0.2, -0.15) is 20.2 Å². The minimum absolute atomic E-state index is 0.0981. The third kappa shape index (κ3) is 8.93. The Morgan fingerprint density at radius 2 is 1.81 bits per heavy atom. The molecule has 0 aliphatic heterocycles. The summed E-state index contributed by atoms with van der Waals surface area (Å²) < 4.78 is 28.5. The lowest BCUT2D eigenvalue weighted by Gasteiger charge is -2.24. The van der Waals surface area contributed by atoms with Crippen LogP contribution in [0.1, 0.15) is 66.3 Å². The monoisotopic (exact) mass is 635 g/mol. The van der Waals surface area contributed by atoms with Gasteiger partial charge in [0, 0.05) is 26.8 Å². The quantitative estimate of drug-likeness (QED) is 0.149. The second-order valence-electron chi connectivity index (χ2n) is 12.1. The highest BCUT2D eigenvalue weighted by Crippen LogP contribution is 2.51. The summed E-state index contributed by atoms with van der Waals surface area (Å²) in [6.45, 7) is 3.89. The van der Waals surface area contributed by atoms with Gasteiger partial charge in [-0.05, 0) is 86.1 Å². The highest BCUT2D eigenvalue weighted by atomic mass is 35.5. The number of fused-ring (bicyclic) bond motifs is 1. The third-order valence-corrected chi connectivity index (χ3v) is 10.4. The lowest BCUT2D eigenvalue weighted by Crippen LogP contribution is -2.18. The van der Waals surface area contributed by atoms with E-state index in [1.807, 2.05) is 80.2 Å². The molecule has 1 atom stereocenters. The number of thioether (sulfide) groups is 1. The predicted octanol–water partition coefficient (Wildman–Crippen LogP) is 8.45. The zero-order valence-corrected chi connectivity index (χ0v) is 27.2. The van der Waals surface area contributed by atoms with Crippen LogP contribution in [0, 0.1) is 5.41 Å². The van der Waals surface area contributed by atoms with E-state index in [1.54, 1.807) is 0 Å². The summed E-state index contributed by atoms with van der Waals surface area (Å²) in [4.78, 5) is 4.75. The van der Waals surface area contributed by atoms with Crippen molar-refractivity contribution >= 4 is 56.5 Å². The Balaban J connectivity index is 1.37. The standard InChI is InChI=1S/C35H38ClNO4S2/c1-34(2,38)31-10-5-4-8-26(31)14-18-33(42-24-35(19-20-35)23-41-43(3,39)40)28-9-6-7-25(21-28)11-16-30-17-13-27-12-15-29(36)22-32(27)37-30/h4-13,15-17,21-22,33,38H,14,18-20,23-24H2,1-3H3/b16-11+/t33-/m1/s1. The summed E-state index contributed by atoms with van der Waals surface area (Å²) in [5, 5.41) is 12.7. The number of aromatic nitrogens is 1. The molecule has 43 heavy (non-hydrogen) atoms. The average Bonchev–Trinajstić information content (AvgIpc) is 3.74. The van der Waals surface area contributed by atoms with Crippen LogP contribution in [0.15, 0.2) is 78.9 Å². The van der Waals surface area contributed by atoms with Crippen LogP contribution < -0.4 is 0 Å². The molecule has 1 aliphatic rings. The van der Waals surface area contributed by atoms with Gasteiger partial charge < -0.3 is 5.11 Å². The maximum absolute atomic E-state index is 11.7. The number of hydrogen-bond acceptors (Lipinski definition) is 6. The van der Waals surface area contributed by atoms with Crippen LogP contribution in [0.2, 0.25) is 5.02 Å². The lowest BCUT2D eigenvalue weighted by molar-refractivity contribution is 0.0776. The molecule has 1 fully saturated rings. The summed E-state index contributed by atoms with van der Waals surface area (Å²) in [5.41, 5.74) is 5.07. The van der Waals surface area contributed by atoms with Crippen molar-refractivity contribution in [3.8, 4) is 0 Å². The van der Waals surface area contributed by atoms with E-state index in [1.165, 1.54) is 5.56 Å². The molecule has 1 aromatic heterocycles. The minimum atomic E-state index is -3.47. The van der Waals surface area contributed by atoms with Crippen LogP contribution >= 0.6 is 23.4 Å². The number of halogens is 1. The molecule has 3 aromatic carbocycles. The molecule has 0 bridgehead atoms. The number of pyridine rings is 1. The second kappa shape index (κ2) is 13.1. The fraction of sp³-hybridized carbons (Fsp3) is 0.343. The average molecular weight is 636 g/mol. The molecule has 0 saturated heterocycles. The van der Waals surface area contributed by atoms with Gasteiger partial charge in [0.2, 0.25) is 0 Å². The molecule has 0 amide bonds. The van der Waals surface area contributed by atoms with Gasteiger partial charge >= 0.3 is 0 Å². The zero-order chi connectivity index (χ0) is 30.7. The first-order chi connectivity index (χ1) is 20.4. The largest absolute Gasteiger partial charge is 0.386 e. The maximum atomic E-state index is 11.7. The fourth-order valence-electron chi connectivity index (χ4n) is 5.23. The van der Waals surface area contributed by atoms with Crippen LogP contribution in [0.5, 0.6) is 0 Å². The fourth-order valence-corrected chi connectivity index (χ4v) is 7.41. The number of benzene rings is 3. The highest BCUT2D eigenvalue weighted by Gasteiger charge is 2.44. The van der Waals surface area contributed by atoms with Crippen molar-refractivity contribution in [2.45, 2.75) is 50.4 Å². The van der Waals surface area contributed by atoms with E-state index in [-0.39, 0.29) is 17.3 Å². The summed E-state index contributed by atoms with van der Waals surface area (Å²) in [5.74, 6) is 0.823. The number of rotatable bonds is 13. The SMILES string of the molecule is CC(C)(O)c1ccccc1CC[C@@H](SCC1(COS(C)(=O)=O)CC1)c1cccc(/C=C/c2ccc3ccc(Cl)cc3n2)c1. The smallest absolute Gasteiger partial charge is 0.264 e. The van der Waals surface area contributed by atoms with Crippen LogP contribution in [0.4, 0.5) is 0 Å². The Kier molecular flexibility index (Phi) is 9.69. The predicted molar refractivity (Wildman–Crippen MR) is 180 cm³/mol. The molecule has 226 valence electrons. The summed E-state index contributed by atoms with van der Waals surface area (Å²) >= 11 is 8.04. The molecule has 0 unspecified atom stereocenters. The van der Waals surface area contributed by atoms with E-state index in [4.69, 9.17) is 20.8 Å². The molecular weight excluding hydrogens is 598 g/mol. The van der Waals surface area contributed by atoms with Gasteiger partial charge in [0.25, 0.3) is 10.1 Å². The highest BCUT2D eigenvalue weighted by molar-refractivity contribution is 7.99. The topological polar surface area (TPSA) is 76.5 Å². The number of aliphatic hydroxyl groups is 1. The number of nitrogens with zero attached hydrogens (tertiary/aromatic N) is 1. The molecule has 1 saturated carbocycles. The van der Waals surface area contributed by atoms with Crippen molar-refractivity contribution in [1.29, 1.82) is 0 Å². The Bertz CT molecular complexity index is 1730. The Morgan fingerprint density at radius 3 is 2.56 bits per heavy atom. The second-order valence-corrected chi connectivity index (χ2v) is 15.4. The maximum Gasteiger partial charge on any atom is 0.264 e. The van der Waals surface area contributed by atoms with Gasteiger partial charge in [0.1, 0.15) is 0 Å². The molecule has 1 N–H and O–H groups in total. The molecular formula is C35H38ClNO4S2. The third-order valence-electron chi connectivity index (χ3n) is 7.88. The molecule has 8 heteroatoms. The molecule has 5 nitrogen and oxygen atoms in total. The van der Waals surface area contributed by atoms with Crippen molar-refractivity contribution in [3.05, 3.63) is 112 Å². The van der Waals surface area contributed by atoms with Gasteiger partial charge in [-0.1, -0.05) is 78.3 Å². The Morgan fingerprint density at radius 1 is 1.05 bits per heavy atom. The van der Waals surface area contributed by atoms with Gasteiger partial charge in [-0.3, -0.25) is 4.18 Å². The molecule has 1 aliphatic carbocycles. The van der Waals surface area contributed by atoms with E-state index in [9.17, 15) is 13.5 Å². The molecule has 1 heterocycles. The number of hydrogen-bond donors (Lipinski definition) is 1. The first-order valence-corrected chi connectivity index (χ1v) is 17.7. The molecule has 4 aromatic rings. The van der Waals surface area contributed by atoms with Gasteiger partial charge in [0.15, 0.2) is 0 Å². The van der Waals surface area contributed by atoms with Crippen LogP contribution in [-0.4, -0.2) is 37.1 Å². The van der Waals surface area contributed by atoms with Crippen molar-refractivity contribution in [3.63, 3.8) is 0 Å². The first kappa shape index (κ1) is 31.7. The molecule has 0 spiro atoms. The normalized spacial score (nSPS) is 15.7. The summed E-state index contributed by atoms with van der Waals surface area (Å²) in [7, 11) is -3.47. The van der Waals surface area contributed by atoms with Crippen LogP contribution in [0.3, 0.4) is 0 Å².